The fourth-order valence-electron chi connectivity index (χ4n) is 3.91. The van der Waals surface area contributed by atoms with Crippen LogP contribution in [0.2, 0.25) is 6.32 Å². The third-order valence-corrected chi connectivity index (χ3v) is 5.43. The molecule has 0 saturated carbocycles. The Morgan fingerprint density at radius 2 is 2.15 bits per heavy atom. The summed E-state index contributed by atoms with van der Waals surface area (Å²) in [6, 6.07) is 3.27. The van der Waals surface area contributed by atoms with Gasteiger partial charge in [0.15, 0.2) is 0 Å². The molecule has 2 atom stereocenters. The molecular formula is C18H23BN2O6. The first-order valence-corrected chi connectivity index (χ1v) is 9.35. The zero-order chi connectivity index (χ0) is 19.1. The number of ether oxygens (including phenoxy) is 1. The standard InChI is InChI=1S/C18H23BN2O6/c1-10-6-13(20-7-10)17(22)21-8-12(9-21)26-14-3-2-11-4-5-19(25)27-16(11)15(14)18(23)24/h2-3,10,12-13,20,25H,4-9H2,1H3,(H,23,24)/t10-,13-/m1/s1. The number of hydrogen-bond acceptors (Lipinski definition) is 6. The molecule has 3 aliphatic rings. The molecule has 0 spiro atoms. The molecule has 0 unspecified atom stereocenters. The molecule has 3 aliphatic heterocycles. The highest BCUT2D eigenvalue weighted by Crippen LogP contribution is 2.37. The number of nitrogens with zero attached hydrogens (tertiary/aromatic N) is 1. The molecule has 8 nitrogen and oxygen atoms in total. The van der Waals surface area contributed by atoms with E-state index >= 15 is 0 Å². The van der Waals surface area contributed by atoms with Crippen LogP contribution in [-0.2, 0) is 11.2 Å². The summed E-state index contributed by atoms with van der Waals surface area (Å²) >= 11 is 0. The predicted molar refractivity (Wildman–Crippen MR) is 97.1 cm³/mol. The third-order valence-electron chi connectivity index (χ3n) is 5.43. The second kappa shape index (κ2) is 7.05. The lowest BCUT2D eigenvalue weighted by molar-refractivity contribution is -0.142. The van der Waals surface area contributed by atoms with E-state index in [1.165, 1.54) is 0 Å². The molecule has 27 heavy (non-hydrogen) atoms. The van der Waals surface area contributed by atoms with E-state index in [1.807, 2.05) is 0 Å². The fraction of sp³-hybridized carbons (Fsp3) is 0.556. The van der Waals surface area contributed by atoms with Crippen LogP contribution in [0.15, 0.2) is 12.1 Å². The Hall–Kier alpha value is -2.26. The second-order valence-corrected chi connectivity index (χ2v) is 7.63. The molecule has 0 aliphatic carbocycles. The fourth-order valence-corrected chi connectivity index (χ4v) is 3.91. The molecule has 1 aromatic rings. The zero-order valence-electron chi connectivity index (χ0n) is 15.2. The summed E-state index contributed by atoms with van der Waals surface area (Å²) in [7, 11) is -1.01. The molecular weight excluding hydrogens is 351 g/mol. The first kappa shape index (κ1) is 18.1. The summed E-state index contributed by atoms with van der Waals surface area (Å²) in [5, 5.41) is 22.5. The first-order valence-electron chi connectivity index (χ1n) is 9.35. The number of carboxylic acid groups (broad SMARTS) is 1. The Kier molecular flexibility index (Phi) is 4.73. The Morgan fingerprint density at radius 1 is 1.37 bits per heavy atom. The average Bonchev–Trinajstić information content (AvgIpc) is 3.02. The van der Waals surface area contributed by atoms with Gasteiger partial charge in [-0.15, -0.1) is 0 Å². The van der Waals surface area contributed by atoms with Crippen molar-refractivity contribution in [1.29, 1.82) is 0 Å². The van der Waals surface area contributed by atoms with Crippen LogP contribution < -0.4 is 14.7 Å². The van der Waals surface area contributed by atoms with E-state index in [4.69, 9.17) is 9.39 Å². The Labute approximate surface area is 157 Å². The Bertz CT molecular complexity index is 766. The number of aryl methyl sites for hydroxylation is 1. The maximum atomic E-state index is 12.4. The van der Waals surface area contributed by atoms with Gasteiger partial charge in [0.1, 0.15) is 23.2 Å². The van der Waals surface area contributed by atoms with E-state index in [0.717, 1.165) is 18.5 Å². The number of rotatable bonds is 4. The summed E-state index contributed by atoms with van der Waals surface area (Å²) in [6.45, 7) is 3.84. The van der Waals surface area contributed by atoms with Gasteiger partial charge in [-0.2, -0.15) is 0 Å². The molecule has 0 aromatic heterocycles. The van der Waals surface area contributed by atoms with Crippen LogP contribution in [-0.4, -0.2) is 65.8 Å². The Balaban J connectivity index is 1.43. The summed E-state index contributed by atoms with van der Waals surface area (Å²) in [5.41, 5.74) is 0.680. The van der Waals surface area contributed by atoms with Crippen molar-refractivity contribution in [1.82, 2.24) is 10.2 Å². The monoisotopic (exact) mass is 374 g/mol. The van der Waals surface area contributed by atoms with Gasteiger partial charge < -0.3 is 29.7 Å². The molecule has 2 fully saturated rings. The SMILES string of the molecule is C[C@H]1CN[C@@H](C(=O)N2CC(Oc3ccc4c(c3C(=O)O)OB(O)CC4)C2)C1. The van der Waals surface area contributed by atoms with E-state index in [-0.39, 0.29) is 35.1 Å². The normalized spacial score (nSPS) is 24.8. The van der Waals surface area contributed by atoms with Crippen molar-refractivity contribution in [2.75, 3.05) is 19.6 Å². The van der Waals surface area contributed by atoms with E-state index in [0.29, 0.717) is 31.7 Å². The van der Waals surface area contributed by atoms with Crippen molar-refractivity contribution in [2.24, 2.45) is 5.92 Å². The summed E-state index contributed by atoms with van der Waals surface area (Å²) in [5.74, 6) is -0.201. The van der Waals surface area contributed by atoms with Gasteiger partial charge in [-0.3, -0.25) is 4.79 Å². The van der Waals surface area contributed by atoms with Crippen molar-refractivity contribution in [3.05, 3.63) is 23.3 Å². The van der Waals surface area contributed by atoms with Crippen LogP contribution in [0.5, 0.6) is 11.5 Å². The quantitative estimate of drug-likeness (QED) is 0.655. The second-order valence-electron chi connectivity index (χ2n) is 7.63. The molecule has 4 rings (SSSR count). The molecule has 3 heterocycles. The highest BCUT2D eigenvalue weighted by Gasteiger charge is 2.39. The van der Waals surface area contributed by atoms with Crippen LogP contribution in [0, 0.1) is 5.92 Å². The van der Waals surface area contributed by atoms with Gasteiger partial charge in [0.25, 0.3) is 0 Å². The molecule has 3 N–H and O–H groups in total. The first-order chi connectivity index (χ1) is 12.9. The zero-order valence-corrected chi connectivity index (χ0v) is 15.2. The van der Waals surface area contributed by atoms with Crippen molar-refractivity contribution in [3.63, 3.8) is 0 Å². The smallest absolute Gasteiger partial charge is 0.522 e. The maximum absolute atomic E-state index is 12.4. The molecule has 9 heteroatoms. The van der Waals surface area contributed by atoms with E-state index in [9.17, 15) is 19.7 Å². The van der Waals surface area contributed by atoms with E-state index in [1.54, 1.807) is 17.0 Å². The van der Waals surface area contributed by atoms with Crippen molar-refractivity contribution in [3.8, 4) is 11.5 Å². The van der Waals surface area contributed by atoms with Crippen LogP contribution in [0.25, 0.3) is 0 Å². The number of carbonyl (C=O) groups excluding carboxylic acids is 1. The number of aromatic carboxylic acids is 1. The lowest BCUT2D eigenvalue weighted by atomic mass is 9.78. The number of hydrogen-bond donors (Lipinski definition) is 3. The molecule has 1 amide bonds. The maximum Gasteiger partial charge on any atom is 0.522 e. The van der Waals surface area contributed by atoms with Gasteiger partial charge in [-0.25, -0.2) is 4.79 Å². The topological polar surface area (TPSA) is 108 Å². The number of likely N-dealkylation sites (tertiary alicyclic amines) is 1. The van der Waals surface area contributed by atoms with Crippen LogP contribution in [0.4, 0.5) is 0 Å². The minimum atomic E-state index is -1.16. The van der Waals surface area contributed by atoms with Crippen molar-refractivity contribution in [2.45, 2.75) is 38.2 Å². The molecule has 144 valence electrons. The number of nitrogens with one attached hydrogen (secondary N) is 1. The van der Waals surface area contributed by atoms with Gasteiger partial charge in [-0.1, -0.05) is 13.0 Å². The molecule has 1 aromatic carbocycles. The van der Waals surface area contributed by atoms with E-state index in [2.05, 4.69) is 12.2 Å². The largest absolute Gasteiger partial charge is 0.535 e. The highest BCUT2D eigenvalue weighted by atomic mass is 16.5. The minimum Gasteiger partial charge on any atom is -0.535 e. The number of fused-ring (bicyclic) bond motifs is 1. The summed E-state index contributed by atoms with van der Waals surface area (Å²) < 4.78 is 11.2. The van der Waals surface area contributed by atoms with Crippen LogP contribution in [0.3, 0.4) is 0 Å². The minimum absolute atomic E-state index is 0.0673. The van der Waals surface area contributed by atoms with Crippen LogP contribution >= 0.6 is 0 Å². The number of amides is 1. The highest BCUT2D eigenvalue weighted by molar-refractivity contribution is 6.44. The lowest BCUT2D eigenvalue weighted by Gasteiger charge is -2.40. The van der Waals surface area contributed by atoms with Gasteiger partial charge >= 0.3 is 13.1 Å². The van der Waals surface area contributed by atoms with Gasteiger partial charge in [0.2, 0.25) is 5.91 Å². The number of benzene rings is 1. The van der Waals surface area contributed by atoms with Gasteiger partial charge in [-0.05, 0) is 43.3 Å². The molecule has 2 saturated heterocycles. The van der Waals surface area contributed by atoms with Gasteiger partial charge in [0.05, 0.1) is 19.1 Å². The van der Waals surface area contributed by atoms with Crippen LogP contribution in [0.1, 0.15) is 29.3 Å². The Morgan fingerprint density at radius 3 is 2.81 bits per heavy atom. The van der Waals surface area contributed by atoms with Crippen molar-refractivity contribution >= 4 is 19.0 Å². The average molecular weight is 374 g/mol. The number of carboxylic acids is 1. The lowest BCUT2D eigenvalue weighted by Crippen LogP contribution is -2.59. The predicted octanol–water partition coefficient (Wildman–Crippen LogP) is 0.388. The van der Waals surface area contributed by atoms with E-state index < -0.39 is 13.1 Å². The number of carbonyl (C=O) groups is 2. The molecule has 0 radical (unpaired) electrons. The summed E-state index contributed by atoms with van der Waals surface area (Å²) in [6.07, 6.45) is 1.57. The summed E-state index contributed by atoms with van der Waals surface area (Å²) in [4.78, 5) is 25.9. The molecule has 0 bridgehead atoms. The van der Waals surface area contributed by atoms with Crippen molar-refractivity contribution < 1.29 is 29.1 Å². The third kappa shape index (κ3) is 3.49. The van der Waals surface area contributed by atoms with Gasteiger partial charge in [0, 0.05) is 0 Å².